The van der Waals surface area contributed by atoms with E-state index < -0.39 is 0 Å². The van der Waals surface area contributed by atoms with Gasteiger partial charge in [0.1, 0.15) is 23.1 Å². The van der Waals surface area contributed by atoms with E-state index in [1.807, 2.05) is 30.3 Å². The normalized spacial score (nSPS) is 10.9. The molecule has 1 heterocycles. The SMILES string of the molecule is COc1cc(/C=C/c2nc(Nc3cccc(O)c3)c3cc(OC)c(OC)cc3n2)cc(OC)c1. The standard InChI is InChI=1S/C26H25N3O5/c1-31-19-10-16(11-20(13-19)32-2)8-9-25-28-22-15-24(34-4)23(33-3)14-21(22)26(29-25)27-17-6-5-7-18(30)12-17/h5-15,30H,1-4H3,(H,27,28,29)/b9-8+. The van der Waals surface area contributed by atoms with Crippen molar-refractivity contribution >= 4 is 34.6 Å². The van der Waals surface area contributed by atoms with Crippen LogP contribution in [0, 0.1) is 0 Å². The molecule has 0 aliphatic heterocycles. The number of anilines is 2. The predicted molar refractivity (Wildman–Crippen MR) is 133 cm³/mol. The van der Waals surface area contributed by atoms with Crippen molar-refractivity contribution in [3.05, 3.63) is 66.0 Å². The van der Waals surface area contributed by atoms with Crippen LogP contribution in [0.5, 0.6) is 28.7 Å². The third kappa shape index (κ3) is 4.96. The molecule has 0 spiro atoms. The summed E-state index contributed by atoms with van der Waals surface area (Å²) in [5.41, 5.74) is 2.22. The molecule has 0 radical (unpaired) electrons. The van der Waals surface area contributed by atoms with Crippen LogP contribution in [-0.4, -0.2) is 43.5 Å². The van der Waals surface area contributed by atoms with E-state index in [4.69, 9.17) is 28.9 Å². The van der Waals surface area contributed by atoms with Crippen molar-refractivity contribution in [1.29, 1.82) is 0 Å². The quantitative estimate of drug-likeness (QED) is 0.367. The van der Waals surface area contributed by atoms with Crippen molar-refractivity contribution in [3.63, 3.8) is 0 Å². The first-order valence-electron chi connectivity index (χ1n) is 10.4. The Morgan fingerprint density at radius 1 is 0.765 bits per heavy atom. The molecule has 34 heavy (non-hydrogen) atoms. The van der Waals surface area contributed by atoms with Gasteiger partial charge in [-0.1, -0.05) is 12.1 Å². The minimum Gasteiger partial charge on any atom is -0.508 e. The van der Waals surface area contributed by atoms with Crippen molar-refractivity contribution in [2.75, 3.05) is 33.8 Å². The van der Waals surface area contributed by atoms with Crippen molar-refractivity contribution in [2.45, 2.75) is 0 Å². The number of ether oxygens (including phenoxy) is 4. The molecule has 4 aromatic rings. The Bertz CT molecular complexity index is 1330. The van der Waals surface area contributed by atoms with Crippen LogP contribution in [-0.2, 0) is 0 Å². The number of nitrogens with one attached hydrogen (secondary N) is 1. The summed E-state index contributed by atoms with van der Waals surface area (Å²) in [6.45, 7) is 0. The molecule has 8 heteroatoms. The highest BCUT2D eigenvalue weighted by Gasteiger charge is 2.13. The second-order valence-corrected chi connectivity index (χ2v) is 7.31. The topological polar surface area (TPSA) is 95.0 Å². The Labute approximate surface area is 197 Å². The van der Waals surface area contributed by atoms with Gasteiger partial charge in [-0.2, -0.15) is 0 Å². The van der Waals surface area contributed by atoms with Crippen LogP contribution in [0.15, 0.2) is 54.6 Å². The maximum absolute atomic E-state index is 9.86. The summed E-state index contributed by atoms with van der Waals surface area (Å²) in [5, 5.41) is 13.9. The van der Waals surface area contributed by atoms with Gasteiger partial charge in [-0.25, -0.2) is 9.97 Å². The number of benzene rings is 3. The number of fused-ring (bicyclic) bond motifs is 1. The molecular formula is C26H25N3O5. The van der Waals surface area contributed by atoms with Gasteiger partial charge < -0.3 is 29.4 Å². The van der Waals surface area contributed by atoms with E-state index in [9.17, 15) is 5.11 Å². The number of hydrogen-bond donors (Lipinski definition) is 2. The van der Waals surface area contributed by atoms with E-state index in [1.165, 1.54) is 0 Å². The summed E-state index contributed by atoms with van der Waals surface area (Å²) in [7, 11) is 6.37. The first kappa shape index (κ1) is 22.7. The first-order chi connectivity index (χ1) is 16.5. The van der Waals surface area contributed by atoms with Gasteiger partial charge in [0, 0.05) is 29.3 Å². The van der Waals surface area contributed by atoms with Gasteiger partial charge in [0.25, 0.3) is 0 Å². The van der Waals surface area contributed by atoms with Crippen LogP contribution >= 0.6 is 0 Å². The number of rotatable bonds is 8. The molecule has 8 nitrogen and oxygen atoms in total. The zero-order valence-corrected chi connectivity index (χ0v) is 19.3. The molecule has 0 fully saturated rings. The second-order valence-electron chi connectivity index (χ2n) is 7.31. The fourth-order valence-electron chi connectivity index (χ4n) is 3.46. The Morgan fingerprint density at radius 3 is 2.12 bits per heavy atom. The number of phenolic OH excluding ortho intramolecular Hbond substituents is 1. The summed E-state index contributed by atoms with van der Waals surface area (Å²) < 4.78 is 21.6. The molecule has 0 unspecified atom stereocenters. The second kappa shape index (κ2) is 9.99. The van der Waals surface area contributed by atoms with E-state index in [0.29, 0.717) is 45.8 Å². The van der Waals surface area contributed by atoms with Gasteiger partial charge in [0.15, 0.2) is 17.3 Å². The van der Waals surface area contributed by atoms with E-state index in [2.05, 4.69) is 5.32 Å². The zero-order valence-electron chi connectivity index (χ0n) is 19.3. The molecule has 2 N–H and O–H groups in total. The van der Waals surface area contributed by atoms with Gasteiger partial charge in [0.05, 0.1) is 34.0 Å². The highest BCUT2D eigenvalue weighted by atomic mass is 16.5. The van der Waals surface area contributed by atoms with Crippen LogP contribution < -0.4 is 24.3 Å². The lowest BCUT2D eigenvalue weighted by molar-refractivity contribution is 0.356. The van der Waals surface area contributed by atoms with E-state index >= 15 is 0 Å². The maximum atomic E-state index is 9.86. The van der Waals surface area contributed by atoms with Gasteiger partial charge in [-0.3, -0.25) is 0 Å². The van der Waals surface area contributed by atoms with Crippen LogP contribution in [0.2, 0.25) is 0 Å². The Kier molecular flexibility index (Phi) is 6.68. The molecule has 0 saturated heterocycles. The predicted octanol–water partition coefficient (Wildman–Crippen LogP) is 5.28. The molecular weight excluding hydrogens is 434 g/mol. The number of aromatic hydroxyl groups is 1. The van der Waals surface area contributed by atoms with Crippen molar-refractivity contribution < 1.29 is 24.1 Å². The molecule has 3 aromatic carbocycles. The van der Waals surface area contributed by atoms with Crippen LogP contribution in [0.25, 0.3) is 23.1 Å². The van der Waals surface area contributed by atoms with Crippen LogP contribution in [0.3, 0.4) is 0 Å². The minimum atomic E-state index is 0.148. The highest BCUT2D eigenvalue weighted by molar-refractivity contribution is 5.94. The summed E-state index contributed by atoms with van der Waals surface area (Å²) in [6, 6.07) is 16.0. The van der Waals surface area contributed by atoms with Crippen molar-refractivity contribution in [1.82, 2.24) is 9.97 Å². The fraction of sp³-hybridized carbons (Fsp3) is 0.154. The van der Waals surface area contributed by atoms with E-state index in [-0.39, 0.29) is 5.75 Å². The van der Waals surface area contributed by atoms with Gasteiger partial charge in [0.2, 0.25) is 0 Å². The van der Waals surface area contributed by atoms with Crippen LogP contribution in [0.1, 0.15) is 11.4 Å². The molecule has 0 aliphatic rings. The first-order valence-corrected chi connectivity index (χ1v) is 10.4. The third-order valence-electron chi connectivity index (χ3n) is 5.13. The number of phenols is 1. The molecule has 0 saturated carbocycles. The van der Waals surface area contributed by atoms with Gasteiger partial charge in [-0.15, -0.1) is 0 Å². The molecule has 1 aromatic heterocycles. The summed E-state index contributed by atoms with van der Waals surface area (Å²) >= 11 is 0. The summed E-state index contributed by atoms with van der Waals surface area (Å²) in [5.74, 6) is 3.66. The number of aromatic nitrogens is 2. The molecule has 4 rings (SSSR count). The molecule has 0 aliphatic carbocycles. The zero-order chi connectivity index (χ0) is 24.1. The Hall–Kier alpha value is -4.46. The largest absolute Gasteiger partial charge is 0.508 e. The summed E-state index contributed by atoms with van der Waals surface area (Å²) in [6.07, 6.45) is 3.68. The molecule has 0 bridgehead atoms. The van der Waals surface area contributed by atoms with Gasteiger partial charge in [-0.05, 0) is 42.0 Å². The lowest BCUT2D eigenvalue weighted by atomic mass is 10.1. The van der Waals surface area contributed by atoms with Gasteiger partial charge >= 0.3 is 0 Å². The summed E-state index contributed by atoms with van der Waals surface area (Å²) in [4.78, 5) is 9.40. The molecule has 0 amide bonds. The molecule has 174 valence electrons. The van der Waals surface area contributed by atoms with E-state index in [1.54, 1.807) is 64.8 Å². The Morgan fingerprint density at radius 2 is 1.47 bits per heavy atom. The minimum absolute atomic E-state index is 0.148. The lowest BCUT2D eigenvalue weighted by Crippen LogP contribution is -2.00. The number of methoxy groups -OCH3 is 4. The monoisotopic (exact) mass is 459 g/mol. The van der Waals surface area contributed by atoms with Crippen LogP contribution in [0.4, 0.5) is 11.5 Å². The average molecular weight is 460 g/mol. The smallest absolute Gasteiger partial charge is 0.162 e. The maximum Gasteiger partial charge on any atom is 0.162 e. The number of nitrogens with zero attached hydrogens (tertiary/aromatic N) is 2. The van der Waals surface area contributed by atoms with E-state index in [0.717, 1.165) is 10.9 Å². The lowest BCUT2D eigenvalue weighted by Gasteiger charge is -2.13. The Balaban J connectivity index is 1.81. The fourth-order valence-corrected chi connectivity index (χ4v) is 3.46. The number of hydrogen-bond acceptors (Lipinski definition) is 8. The third-order valence-corrected chi connectivity index (χ3v) is 5.13. The van der Waals surface area contributed by atoms with Crippen molar-refractivity contribution in [3.8, 4) is 28.7 Å². The average Bonchev–Trinajstić information content (AvgIpc) is 2.86. The van der Waals surface area contributed by atoms with Crippen molar-refractivity contribution in [2.24, 2.45) is 0 Å². The molecule has 0 atom stereocenters. The highest BCUT2D eigenvalue weighted by Crippen LogP contribution is 2.35.